The molecule has 26 heavy (non-hydrogen) atoms. The maximum Gasteiger partial charge on any atom is 0.420 e. The van der Waals surface area contributed by atoms with E-state index in [0.717, 1.165) is 12.1 Å². The first kappa shape index (κ1) is 19.8. The molecule has 0 aliphatic heterocycles. The molecule has 0 aliphatic carbocycles. The van der Waals surface area contributed by atoms with E-state index in [1.165, 1.54) is 12.1 Å². The molecule has 0 saturated heterocycles. The number of nitro groups is 1. The molecule has 0 atom stereocenters. The molecule has 1 amide bonds. The van der Waals surface area contributed by atoms with Gasteiger partial charge >= 0.3 is 6.18 Å². The zero-order valence-electron chi connectivity index (χ0n) is 12.6. The number of ether oxygens (including phenoxy) is 1. The van der Waals surface area contributed by atoms with Crippen molar-refractivity contribution in [1.29, 1.82) is 0 Å². The van der Waals surface area contributed by atoms with Gasteiger partial charge in [0.25, 0.3) is 11.6 Å². The molecule has 0 aliphatic rings. The highest BCUT2D eigenvalue weighted by Gasteiger charge is 2.36. The number of halogens is 5. The third kappa shape index (κ3) is 4.77. The monoisotopic (exact) mass is 408 g/mol. The zero-order chi connectivity index (χ0) is 19.5. The fourth-order valence-electron chi connectivity index (χ4n) is 1.91. The molecular weight excluding hydrogens is 400 g/mol. The van der Waals surface area contributed by atoms with Crippen LogP contribution in [0.4, 0.5) is 24.5 Å². The van der Waals surface area contributed by atoms with E-state index >= 15 is 0 Å². The molecule has 0 spiro atoms. The van der Waals surface area contributed by atoms with Gasteiger partial charge in [0.15, 0.2) is 6.61 Å². The van der Waals surface area contributed by atoms with Crippen LogP contribution in [0.5, 0.6) is 5.75 Å². The quantitative estimate of drug-likeness (QED) is 0.561. The second kappa shape index (κ2) is 7.79. The number of nitrogens with zero attached hydrogens (tertiary/aromatic N) is 1. The molecule has 0 bridgehead atoms. The van der Waals surface area contributed by atoms with E-state index in [-0.39, 0.29) is 15.7 Å². The Labute approximate surface area is 154 Å². The fourth-order valence-corrected chi connectivity index (χ4v) is 2.41. The van der Waals surface area contributed by atoms with Crippen molar-refractivity contribution in [3.8, 4) is 5.75 Å². The van der Waals surface area contributed by atoms with E-state index in [4.69, 9.17) is 27.9 Å². The van der Waals surface area contributed by atoms with Gasteiger partial charge in [0, 0.05) is 12.1 Å². The van der Waals surface area contributed by atoms with Crippen LogP contribution in [0.3, 0.4) is 0 Å². The van der Waals surface area contributed by atoms with Gasteiger partial charge < -0.3 is 10.1 Å². The maximum atomic E-state index is 13.0. The molecule has 2 aromatic carbocycles. The number of nitrogens with one attached hydrogen (secondary N) is 1. The van der Waals surface area contributed by atoms with Gasteiger partial charge in [-0.25, -0.2) is 0 Å². The standard InChI is InChI=1S/C15H9Cl2F3N2O4/c16-10-2-1-3-11(17)14(10)21-13(23)7-26-12-5-4-8(22(24)25)6-9(12)15(18,19)20/h1-6H,7H2,(H,21,23). The average molecular weight is 409 g/mol. The molecule has 6 nitrogen and oxygen atoms in total. The molecule has 0 fully saturated rings. The van der Waals surface area contributed by atoms with E-state index in [9.17, 15) is 28.1 Å². The predicted octanol–water partition coefficient (Wildman–Crippen LogP) is 4.94. The molecule has 0 unspecified atom stereocenters. The van der Waals surface area contributed by atoms with Crippen LogP contribution in [0.1, 0.15) is 5.56 Å². The number of anilines is 1. The Bertz CT molecular complexity index is 839. The van der Waals surface area contributed by atoms with Crippen molar-refractivity contribution in [2.24, 2.45) is 0 Å². The lowest BCUT2D eigenvalue weighted by molar-refractivity contribution is -0.385. The topological polar surface area (TPSA) is 81.5 Å². The third-order valence-electron chi connectivity index (χ3n) is 3.07. The Morgan fingerprint density at radius 1 is 1.19 bits per heavy atom. The van der Waals surface area contributed by atoms with Crippen LogP contribution >= 0.6 is 23.2 Å². The van der Waals surface area contributed by atoms with Gasteiger partial charge in [-0.1, -0.05) is 29.3 Å². The van der Waals surface area contributed by atoms with Gasteiger partial charge in [-0.05, 0) is 18.2 Å². The summed E-state index contributed by atoms with van der Waals surface area (Å²) in [7, 11) is 0. The summed E-state index contributed by atoms with van der Waals surface area (Å²) in [6.07, 6.45) is -4.90. The van der Waals surface area contributed by atoms with Gasteiger partial charge in [0.2, 0.25) is 0 Å². The molecule has 2 aromatic rings. The Kier molecular flexibility index (Phi) is 5.94. The summed E-state index contributed by atoms with van der Waals surface area (Å²) >= 11 is 11.7. The molecular formula is C15H9Cl2F3N2O4. The largest absolute Gasteiger partial charge is 0.483 e. The highest BCUT2D eigenvalue weighted by atomic mass is 35.5. The van der Waals surface area contributed by atoms with Crippen LogP contribution in [0.15, 0.2) is 36.4 Å². The van der Waals surface area contributed by atoms with E-state index in [0.29, 0.717) is 6.07 Å². The molecule has 1 N–H and O–H groups in total. The number of nitro benzene ring substituents is 1. The summed E-state index contributed by atoms with van der Waals surface area (Å²) < 4.78 is 44.0. The van der Waals surface area contributed by atoms with Crippen molar-refractivity contribution in [3.63, 3.8) is 0 Å². The lowest BCUT2D eigenvalue weighted by atomic mass is 10.1. The number of hydrogen-bond donors (Lipinski definition) is 1. The van der Waals surface area contributed by atoms with Crippen molar-refractivity contribution in [1.82, 2.24) is 0 Å². The third-order valence-corrected chi connectivity index (χ3v) is 3.70. The normalized spacial score (nSPS) is 11.1. The van der Waals surface area contributed by atoms with E-state index in [1.807, 2.05) is 0 Å². The molecule has 138 valence electrons. The Hall–Kier alpha value is -2.52. The number of carbonyl (C=O) groups is 1. The number of alkyl halides is 3. The molecule has 0 radical (unpaired) electrons. The number of non-ortho nitro benzene ring substituents is 1. The average Bonchev–Trinajstić information content (AvgIpc) is 2.55. The number of amides is 1. The molecule has 0 aromatic heterocycles. The minimum absolute atomic E-state index is 0.0872. The summed E-state index contributed by atoms with van der Waals surface area (Å²) in [5, 5.41) is 13.2. The molecule has 11 heteroatoms. The second-order valence-electron chi connectivity index (χ2n) is 4.87. The van der Waals surface area contributed by atoms with Gasteiger partial charge in [0.05, 0.1) is 20.7 Å². The van der Waals surface area contributed by atoms with Gasteiger partial charge in [-0.15, -0.1) is 0 Å². The lowest BCUT2D eigenvalue weighted by Crippen LogP contribution is -2.21. The second-order valence-corrected chi connectivity index (χ2v) is 5.68. The Balaban J connectivity index is 2.16. The summed E-state index contributed by atoms with van der Waals surface area (Å²) in [4.78, 5) is 21.5. The van der Waals surface area contributed by atoms with E-state index < -0.39 is 40.6 Å². The zero-order valence-corrected chi connectivity index (χ0v) is 14.2. The highest BCUT2D eigenvalue weighted by Crippen LogP contribution is 2.38. The smallest absolute Gasteiger partial charge is 0.420 e. The number of benzene rings is 2. The predicted molar refractivity (Wildman–Crippen MR) is 88.7 cm³/mol. The van der Waals surface area contributed by atoms with Crippen LogP contribution < -0.4 is 10.1 Å². The number of para-hydroxylation sites is 1. The van der Waals surface area contributed by atoms with Gasteiger partial charge in [-0.3, -0.25) is 14.9 Å². The first-order chi connectivity index (χ1) is 12.1. The Morgan fingerprint density at radius 2 is 1.81 bits per heavy atom. The van der Waals surface area contributed by atoms with Crippen molar-refractivity contribution in [2.45, 2.75) is 6.18 Å². The SMILES string of the molecule is O=C(COc1ccc([N+](=O)[O-])cc1C(F)(F)F)Nc1c(Cl)cccc1Cl. The first-order valence-electron chi connectivity index (χ1n) is 6.82. The van der Waals surface area contributed by atoms with Crippen LogP contribution in [-0.2, 0) is 11.0 Å². The van der Waals surface area contributed by atoms with Crippen LogP contribution in [0.2, 0.25) is 10.0 Å². The van der Waals surface area contributed by atoms with E-state index in [2.05, 4.69) is 5.32 Å². The maximum absolute atomic E-state index is 13.0. The summed E-state index contributed by atoms with van der Waals surface area (Å²) in [5.41, 5.74) is -2.03. The van der Waals surface area contributed by atoms with Crippen molar-refractivity contribution >= 4 is 40.5 Å². The minimum atomic E-state index is -4.90. The van der Waals surface area contributed by atoms with Crippen molar-refractivity contribution in [2.75, 3.05) is 11.9 Å². The molecule has 0 saturated carbocycles. The fraction of sp³-hybridized carbons (Fsp3) is 0.133. The van der Waals surface area contributed by atoms with E-state index in [1.54, 1.807) is 6.07 Å². The number of rotatable bonds is 5. The van der Waals surface area contributed by atoms with Crippen LogP contribution in [-0.4, -0.2) is 17.4 Å². The van der Waals surface area contributed by atoms with Crippen molar-refractivity contribution < 1.29 is 27.6 Å². The van der Waals surface area contributed by atoms with Gasteiger partial charge in [0.1, 0.15) is 11.3 Å². The van der Waals surface area contributed by atoms with Crippen LogP contribution in [0.25, 0.3) is 0 Å². The molecule has 0 heterocycles. The van der Waals surface area contributed by atoms with Crippen molar-refractivity contribution in [3.05, 3.63) is 62.1 Å². The lowest BCUT2D eigenvalue weighted by Gasteiger charge is -2.14. The number of carbonyl (C=O) groups excluding carboxylic acids is 1. The van der Waals surface area contributed by atoms with Gasteiger partial charge in [-0.2, -0.15) is 13.2 Å². The summed E-state index contributed by atoms with van der Waals surface area (Å²) in [5.74, 6) is -1.53. The first-order valence-corrected chi connectivity index (χ1v) is 7.57. The highest BCUT2D eigenvalue weighted by molar-refractivity contribution is 6.39. The summed E-state index contributed by atoms with van der Waals surface area (Å²) in [6.45, 7) is -0.789. The summed E-state index contributed by atoms with van der Waals surface area (Å²) in [6, 6.07) is 6.41. The number of hydrogen-bond acceptors (Lipinski definition) is 4. The molecule has 2 rings (SSSR count). The van der Waals surface area contributed by atoms with Crippen LogP contribution in [0, 0.1) is 10.1 Å². The minimum Gasteiger partial charge on any atom is -0.483 e. The Morgan fingerprint density at radius 3 is 2.35 bits per heavy atom.